The fraction of sp³-hybridized carbons (Fsp3) is 0.368. The maximum absolute atomic E-state index is 10.5. The standard InChI is InChI=1S/C19H23N7O5/c1-2-30-11-5-3-4-10(6-11)7-23-25-19-24-13-16(20)21-9-22-17(13)26(19)18-15(29)14(28)12(8-27)31-18/h3-7,9,12,14-15,18,27-29H,2,8H2,1H3,(H,24,25)(H2,20,21,22)/t12-,14-,15-,18-/m1/s1. The first-order valence-electron chi connectivity index (χ1n) is 9.66. The van der Waals surface area contributed by atoms with Gasteiger partial charge in [0.05, 0.1) is 19.4 Å². The molecule has 164 valence electrons. The quantitative estimate of drug-likeness (QED) is 0.251. The van der Waals surface area contributed by atoms with Crippen LogP contribution in [0.2, 0.25) is 0 Å². The number of ether oxygens (including phenoxy) is 2. The number of aromatic nitrogens is 4. The Labute approximate surface area is 177 Å². The summed E-state index contributed by atoms with van der Waals surface area (Å²) in [7, 11) is 0. The molecule has 12 heteroatoms. The number of hydrogen-bond acceptors (Lipinski definition) is 11. The van der Waals surface area contributed by atoms with Crippen LogP contribution < -0.4 is 15.9 Å². The van der Waals surface area contributed by atoms with Crippen molar-refractivity contribution in [3.8, 4) is 5.75 Å². The van der Waals surface area contributed by atoms with Gasteiger partial charge in [0, 0.05) is 0 Å². The second kappa shape index (κ2) is 8.81. The molecule has 1 aromatic carbocycles. The summed E-state index contributed by atoms with van der Waals surface area (Å²) in [6.07, 6.45) is -1.84. The number of nitrogen functional groups attached to an aromatic ring is 1. The maximum atomic E-state index is 10.5. The molecule has 0 bridgehead atoms. The topological polar surface area (TPSA) is 173 Å². The molecule has 3 aromatic rings. The van der Waals surface area contributed by atoms with Gasteiger partial charge in [0.2, 0.25) is 5.95 Å². The number of anilines is 2. The summed E-state index contributed by atoms with van der Waals surface area (Å²) < 4.78 is 12.5. The van der Waals surface area contributed by atoms with Gasteiger partial charge in [0.15, 0.2) is 23.2 Å². The summed E-state index contributed by atoms with van der Waals surface area (Å²) in [6, 6.07) is 7.37. The van der Waals surface area contributed by atoms with Crippen molar-refractivity contribution in [1.29, 1.82) is 0 Å². The molecule has 0 radical (unpaired) electrons. The van der Waals surface area contributed by atoms with E-state index in [0.29, 0.717) is 12.4 Å². The maximum Gasteiger partial charge on any atom is 0.228 e. The van der Waals surface area contributed by atoms with Gasteiger partial charge >= 0.3 is 0 Å². The largest absolute Gasteiger partial charge is 0.494 e. The van der Waals surface area contributed by atoms with Crippen LogP contribution in [-0.2, 0) is 4.74 Å². The lowest BCUT2D eigenvalue weighted by Crippen LogP contribution is -2.33. The van der Waals surface area contributed by atoms with E-state index in [1.165, 1.54) is 10.9 Å². The van der Waals surface area contributed by atoms with Crippen molar-refractivity contribution in [2.75, 3.05) is 24.4 Å². The first-order valence-corrected chi connectivity index (χ1v) is 9.66. The first kappa shape index (κ1) is 20.9. The molecule has 0 spiro atoms. The minimum absolute atomic E-state index is 0.131. The Hall–Kier alpha value is -3.32. The zero-order valence-electron chi connectivity index (χ0n) is 16.7. The number of nitrogens with zero attached hydrogens (tertiary/aromatic N) is 5. The Morgan fingerprint density at radius 1 is 1.32 bits per heavy atom. The van der Waals surface area contributed by atoms with Gasteiger partial charge in [0.1, 0.15) is 30.4 Å². The predicted molar refractivity (Wildman–Crippen MR) is 112 cm³/mol. The zero-order chi connectivity index (χ0) is 22.0. The van der Waals surface area contributed by atoms with Crippen molar-refractivity contribution in [1.82, 2.24) is 19.5 Å². The van der Waals surface area contributed by atoms with E-state index in [2.05, 4.69) is 25.5 Å². The lowest BCUT2D eigenvalue weighted by atomic mass is 10.1. The number of fused-ring (bicyclic) bond motifs is 1. The fourth-order valence-electron chi connectivity index (χ4n) is 3.36. The second-order valence-corrected chi connectivity index (χ2v) is 6.84. The lowest BCUT2D eigenvalue weighted by molar-refractivity contribution is -0.0501. The normalized spacial score (nSPS) is 23.6. The summed E-state index contributed by atoms with van der Waals surface area (Å²) in [5.41, 5.74) is 10.1. The lowest BCUT2D eigenvalue weighted by Gasteiger charge is -2.18. The number of rotatable bonds is 7. The average molecular weight is 429 g/mol. The third kappa shape index (κ3) is 4.01. The molecule has 1 fully saturated rings. The van der Waals surface area contributed by atoms with Crippen LogP contribution in [0.15, 0.2) is 35.7 Å². The van der Waals surface area contributed by atoms with Crippen LogP contribution in [0.1, 0.15) is 18.7 Å². The van der Waals surface area contributed by atoms with Crippen molar-refractivity contribution in [2.24, 2.45) is 5.10 Å². The van der Waals surface area contributed by atoms with Crippen LogP contribution in [-0.4, -0.2) is 72.6 Å². The van der Waals surface area contributed by atoms with Crippen LogP contribution in [0, 0.1) is 0 Å². The molecule has 3 heterocycles. The Morgan fingerprint density at radius 2 is 2.16 bits per heavy atom. The third-order valence-electron chi connectivity index (χ3n) is 4.82. The van der Waals surface area contributed by atoms with E-state index in [4.69, 9.17) is 15.2 Å². The second-order valence-electron chi connectivity index (χ2n) is 6.84. The minimum Gasteiger partial charge on any atom is -0.494 e. The van der Waals surface area contributed by atoms with E-state index >= 15 is 0 Å². The molecule has 1 saturated heterocycles. The van der Waals surface area contributed by atoms with E-state index in [9.17, 15) is 15.3 Å². The molecule has 4 rings (SSSR count). The van der Waals surface area contributed by atoms with Gasteiger partial charge in [-0.25, -0.2) is 20.4 Å². The van der Waals surface area contributed by atoms with Gasteiger partial charge in [-0.05, 0) is 24.6 Å². The number of nitrogens with one attached hydrogen (secondary N) is 1. The smallest absolute Gasteiger partial charge is 0.228 e. The number of benzene rings is 1. The molecule has 0 saturated carbocycles. The highest BCUT2D eigenvalue weighted by Gasteiger charge is 2.45. The van der Waals surface area contributed by atoms with Gasteiger partial charge in [-0.2, -0.15) is 5.10 Å². The first-order chi connectivity index (χ1) is 15.0. The van der Waals surface area contributed by atoms with Crippen LogP contribution in [0.5, 0.6) is 5.75 Å². The molecule has 31 heavy (non-hydrogen) atoms. The average Bonchev–Trinajstić information content (AvgIpc) is 3.27. The molecule has 12 nitrogen and oxygen atoms in total. The van der Waals surface area contributed by atoms with Crippen LogP contribution in [0.4, 0.5) is 11.8 Å². The van der Waals surface area contributed by atoms with Crippen molar-refractivity contribution < 1.29 is 24.8 Å². The highest BCUT2D eigenvalue weighted by Crippen LogP contribution is 2.35. The number of aliphatic hydroxyl groups excluding tert-OH is 3. The van der Waals surface area contributed by atoms with E-state index in [1.807, 2.05) is 31.2 Å². The number of nitrogens with two attached hydrogens (primary N) is 1. The zero-order valence-corrected chi connectivity index (χ0v) is 16.7. The molecule has 0 aliphatic carbocycles. The minimum atomic E-state index is -1.34. The van der Waals surface area contributed by atoms with Crippen molar-refractivity contribution >= 4 is 29.1 Å². The Kier molecular flexibility index (Phi) is 5.95. The number of imidazole rings is 1. The van der Waals surface area contributed by atoms with Crippen molar-refractivity contribution in [3.05, 3.63) is 36.2 Å². The van der Waals surface area contributed by atoms with Gasteiger partial charge in [-0.3, -0.25) is 4.57 Å². The van der Waals surface area contributed by atoms with Gasteiger partial charge in [0.25, 0.3) is 0 Å². The Morgan fingerprint density at radius 3 is 2.90 bits per heavy atom. The van der Waals surface area contributed by atoms with E-state index in [1.54, 1.807) is 6.21 Å². The number of hydrazone groups is 1. The van der Waals surface area contributed by atoms with Gasteiger partial charge in [-0.1, -0.05) is 12.1 Å². The van der Waals surface area contributed by atoms with E-state index < -0.39 is 31.1 Å². The molecule has 2 aromatic heterocycles. The van der Waals surface area contributed by atoms with Crippen LogP contribution in [0.3, 0.4) is 0 Å². The molecule has 1 aliphatic heterocycles. The number of hydrogen-bond donors (Lipinski definition) is 5. The van der Waals surface area contributed by atoms with Gasteiger partial charge < -0.3 is 30.5 Å². The predicted octanol–water partition coefficient (Wildman–Crippen LogP) is -0.135. The van der Waals surface area contributed by atoms with Crippen molar-refractivity contribution in [3.63, 3.8) is 0 Å². The van der Waals surface area contributed by atoms with E-state index in [-0.39, 0.29) is 22.9 Å². The van der Waals surface area contributed by atoms with Gasteiger partial charge in [-0.15, -0.1) is 0 Å². The summed E-state index contributed by atoms with van der Waals surface area (Å²) in [5, 5.41) is 34.2. The Balaban J connectivity index is 1.67. The highest BCUT2D eigenvalue weighted by molar-refractivity contribution is 5.84. The number of aliphatic hydroxyl groups is 3. The molecule has 0 amide bonds. The van der Waals surface area contributed by atoms with Crippen LogP contribution in [0.25, 0.3) is 11.2 Å². The third-order valence-corrected chi connectivity index (χ3v) is 4.82. The highest BCUT2D eigenvalue weighted by atomic mass is 16.6. The molecule has 6 N–H and O–H groups in total. The molecule has 4 atom stereocenters. The molecular formula is C19H23N7O5. The Bertz CT molecular complexity index is 1090. The van der Waals surface area contributed by atoms with Crippen LogP contribution >= 0.6 is 0 Å². The van der Waals surface area contributed by atoms with E-state index in [0.717, 1.165) is 5.56 Å². The molecule has 1 aliphatic rings. The summed E-state index contributed by atoms with van der Waals surface area (Å²) >= 11 is 0. The SMILES string of the molecule is CCOc1cccc(C=NNc2nc3c(N)ncnc3n2[C@@H]2O[C@H](CO)[C@@H](O)[C@H]2O)c1. The van der Waals surface area contributed by atoms with Crippen molar-refractivity contribution in [2.45, 2.75) is 31.5 Å². The summed E-state index contributed by atoms with van der Waals surface area (Å²) in [5.74, 6) is 1.01. The fourth-order valence-corrected chi connectivity index (χ4v) is 3.36. The summed E-state index contributed by atoms with van der Waals surface area (Å²) in [4.78, 5) is 12.5. The monoisotopic (exact) mass is 429 g/mol. The summed E-state index contributed by atoms with van der Waals surface area (Å²) in [6.45, 7) is 1.99. The molecule has 0 unspecified atom stereocenters. The molecular weight excluding hydrogens is 406 g/mol.